The fraction of sp³-hybridized carbons (Fsp3) is 0.450. The van der Waals surface area contributed by atoms with E-state index in [1.165, 1.54) is 12.1 Å². The molecule has 1 amide bonds. The predicted molar refractivity (Wildman–Crippen MR) is 102 cm³/mol. The van der Waals surface area contributed by atoms with Gasteiger partial charge in [0, 0.05) is 39.6 Å². The molecule has 1 aliphatic heterocycles. The number of carbonyl (C=O) groups is 1. The van der Waals surface area contributed by atoms with Crippen LogP contribution in [0.15, 0.2) is 28.7 Å². The number of nitrogens with zero attached hydrogens (tertiary/aromatic N) is 5. The number of benzene rings is 1. The highest BCUT2D eigenvalue weighted by Gasteiger charge is 2.26. The normalized spacial score (nSPS) is 14.4. The van der Waals surface area contributed by atoms with Gasteiger partial charge >= 0.3 is 0 Å². The summed E-state index contributed by atoms with van der Waals surface area (Å²) in [6.45, 7) is 7.51. The maximum atomic E-state index is 13.4. The Kier molecular flexibility index (Phi) is 6.26. The van der Waals surface area contributed by atoms with E-state index in [1.54, 1.807) is 13.0 Å². The molecule has 2 heterocycles. The summed E-state index contributed by atoms with van der Waals surface area (Å²) in [5.41, 5.74) is 1.13. The molecule has 0 saturated carbocycles. The molecule has 0 N–H and O–H groups in total. The van der Waals surface area contributed by atoms with Crippen LogP contribution in [0.2, 0.25) is 0 Å². The van der Waals surface area contributed by atoms with E-state index in [0.717, 1.165) is 5.56 Å². The highest BCUT2D eigenvalue weighted by atomic mass is 19.1. The highest BCUT2D eigenvalue weighted by molar-refractivity contribution is 5.78. The summed E-state index contributed by atoms with van der Waals surface area (Å²) in [4.78, 5) is 22.5. The van der Waals surface area contributed by atoms with E-state index in [2.05, 4.69) is 4.98 Å². The number of aromatic nitrogens is 1. The first-order valence-corrected chi connectivity index (χ1v) is 9.37. The summed E-state index contributed by atoms with van der Waals surface area (Å²) in [6, 6.07) is 8.50. The molecule has 1 saturated heterocycles. The summed E-state index contributed by atoms with van der Waals surface area (Å²) in [5, 5.41) is 9.17. The first kappa shape index (κ1) is 19.8. The number of rotatable bonds is 6. The summed E-state index contributed by atoms with van der Waals surface area (Å²) >= 11 is 0. The van der Waals surface area contributed by atoms with Gasteiger partial charge in [-0.05, 0) is 24.2 Å². The van der Waals surface area contributed by atoms with Crippen LogP contribution in [-0.2, 0) is 11.3 Å². The number of piperazine rings is 1. The van der Waals surface area contributed by atoms with Gasteiger partial charge < -0.3 is 14.2 Å². The molecule has 0 radical (unpaired) electrons. The smallest absolute Gasteiger partial charge is 0.236 e. The first-order valence-electron chi connectivity index (χ1n) is 9.37. The Bertz CT molecular complexity index is 868. The van der Waals surface area contributed by atoms with Crippen LogP contribution in [0.5, 0.6) is 0 Å². The zero-order valence-corrected chi connectivity index (χ0v) is 16.2. The van der Waals surface area contributed by atoms with Crippen molar-refractivity contribution in [2.24, 2.45) is 0 Å². The summed E-state index contributed by atoms with van der Waals surface area (Å²) in [7, 11) is 0. The molecule has 0 aliphatic carbocycles. The van der Waals surface area contributed by atoms with E-state index >= 15 is 0 Å². The van der Waals surface area contributed by atoms with Gasteiger partial charge in [-0.3, -0.25) is 9.69 Å². The van der Waals surface area contributed by atoms with Crippen molar-refractivity contribution in [3.05, 3.63) is 47.2 Å². The highest BCUT2D eigenvalue weighted by Crippen LogP contribution is 2.22. The summed E-state index contributed by atoms with van der Waals surface area (Å²) in [6.07, 6.45) is 0. The van der Waals surface area contributed by atoms with E-state index in [-0.39, 0.29) is 24.0 Å². The Labute approximate surface area is 164 Å². The molecular formula is C20H24FN5O2. The molecule has 1 fully saturated rings. The number of carbonyl (C=O) groups excluding carboxylic acids is 1. The number of nitriles is 1. The lowest BCUT2D eigenvalue weighted by Gasteiger charge is -2.35. The lowest BCUT2D eigenvalue weighted by atomic mass is 10.2. The number of amides is 1. The minimum atomic E-state index is -0.268. The van der Waals surface area contributed by atoms with Crippen molar-refractivity contribution in [3.8, 4) is 6.07 Å². The van der Waals surface area contributed by atoms with Crippen LogP contribution in [0.3, 0.4) is 0 Å². The van der Waals surface area contributed by atoms with Crippen molar-refractivity contribution >= 4 is 11.8 Å². The summed E-state index contributed by atoms with van der Waals surface area (Å²) < 4.78 is 18.9. The van der Waals surface area contributed by atoms with Gasteiger partial charge in [-0.1, -0.05) is 19.1 Å². The molecular weight excluding hydrogens is 361 g/mol. The average molecular weight is 385 g/mol. The lowest BCUT2D eigenvalue weighted by Crippen LogP contribution is -2.51. The van der Waals surface area contributed by atoms with E-state index < -0.39 is 0 Å². The van der Waals surface area contributed by atoms with Gasteiger partial charge in [0.25, 0.3) is 0 Å². The van der Waals surface area contributed by atoms with E-state index in [0.29, 0.717) is 51.0 Å². The van der Waals surface area contributed by atoms with Gasteiger partial charge in [-0.2, -0.15) is 5.26 Å². The second kappa shape index (κ2) is 8.85. The Morgan fingerprint density at radius 1 is 1.36 bits per heavy atom. The Morgan fingerprint density at radius 3 is 2.75 bits per heavy atom. The zero-order chi connectivity index (χ0) is 20.1. The Hall–Kier alpha value is -2.92. The van der Waals surface area contributed by atoms with Gasteiger partial charge in [-0.25, -0.2) is 9.37 Å². The number of hydrogen-bond acceptors (Lipinski definition) is 6. The van der Waals surface area contributed by atoms with Gasteiger partial charge in [0.1, 0.15) is 11.9 Å². The van der Waals surface area contributed by atoms with Crippen molar-refractivity contribution in [1.29, 1.82) is 5.26 Å². The standard InChI is InChI=1S/C20H24FN5O2/c1-3-24(13-16-5-4-6-17(21)11-16)14-19(27)25-7-9-26(10-8-25)20-18(12-22)23-15(2)28-20/h4-6,11H,3,7-10,13-14H2,1-2H3. The van der Waals surface area contributed by atoms with Crippen molar-refractivity contribution < 1.29 is 13.6 Å². The molecule has 8 heteroatoms. The fourth-order valence-electron chi connectivity index (χ4n) is 3.33. The van der Waals surface area contributed by atoms with Crippen molar-refractivity contribution in [3.63, 3.8) is 0 Å². The monoisotopic (exact) mass is 385 g/mol. The summed E-state index contributed by atoms with van der Waals surface area (Å²) in [5.74, 6) is 0.719. The van der Waals surface area contributed by atoms with Crippen LogP contribution in [0, 0.1) is 24.1 Å². The number of halogens is 1. The SMILES string of the molecule is CCN(CC(=O)N1CCN(c2oc(C)nc2C#N)CC1)Cc1cccc(F)c1. The second-order valence-electron chi connectivity index (χ2n) is 6.80. The molecule has 3 rings (SSSR count). The molecule has 0 spiro atoms. The van der Waals surface area contributed by atoms with Crippen molar-refractivity contribution in [2.45, 2.75) is 20.4 Å². The van der Waals surface area contributed by atoms with Gasteiger partial charge in [0.2, 0.25) is 17.5 Å². The molecule has 0 bridgehead atoms. The lowest BCUT2D eigenvalue weighted by molar-refractivity contribution is -0.132. The van der Waals surface area contributed by atoms with Crippen LogP contribution < -0.4 is 4.90 Å². The molecule has 28 heavy (non-hydrogen) atoms. The molecule has 148 valence electrons. The number of aryl methyl sites for hydroxylation is 1. The first-order chi connectivity index (χ1) is 13.5. The molecule has 0 unspecified atom stereocenters. The molecule has 1 aliphatic rings. The minimum Gasteiger partial charge on any atom is -0.424 e. The average Bonchev–Trinajstić information content (AvgIpc) is 3.08. The van der Waals surface area contributed by atoms with Gasteiger partial charge in [0.15, 0.2) is 5.89 Å². The van der Waals surface area contributed by atoms with Gasteiger partial charge in [-0.15, -0.1) is 0 Å². The predicted octanol–water partition coefficient (Wildman–Crippen LogP) is 2.16. The second-order valence-corrected chi connectivity index (χ2v) is 6.80. The third-order valence-electron chi connectivity index (χ3n) is 4.84. The third-order valence-corrected chi connectivity index (χ3v) is 4.84. The van der Waals surface area contributed by atoms with E-state index in [9.17, 15) is 14.4 Å². The molecule has 7 nitrogen and oxygen atoms in total. The Balaban J connectivity index is 1.55. The maximum absolute atomic E-state index is 13.4. The maximum Gasteiger partial charge on any atom is 0.236 e. The quantitative estimate of drug-likeness (QED) is 0.759. The van der Waals surface area contributed by atoms with Crippen LogP contribution in [0.1, 0.15) is 24.1 Å². The van der Waals surface area contributed by atoms with Crippen LogP contribution in [0.4, 0.5) is 10.3 Å². The topological polar surface area (TPSA) is 76.6 Å². The van der Waals surface area contributed by atoms with Crippen LogP contribution >= 0.6 is 0 Å². The Morgan fingerprint density at radius 2 is 2.11 bits per heavy atom. The van der Waals surface area contributed by atoms with Crippen LogP contribution in [-0.4, -0.2) is 60.0 Å². The zero-order valence-electron chi connectivity index (χ0n) is 16.2. The van der Waals surface area contributed by atoms with E-state index in [4.69, 9.17) is 4.42 Å². The van der Waals surface area contributed by atoms with Crippen molar-refractivity contribution in [2.75, 3.05) is 44.2 Å². The molecule has 1 aromatic heterocycles. The fourth-order valence-corrected chi connectivity index (χ4v) is 3.33. The number of likely N-dealkylation sites (N-methyl/N-ethyl adjacent to an activating group) is 1. The van der Waals surface area contributed by atoms with E-state index in [1.807, 2.05) is 33.8 Å². The minimum absolute atomic E-state index is 0.0483. The number of anilines is 1. The molecule has 2 aromatic rings. The van der Waals surface area contributed by atoms with Crippen LogP contribution in [0.25, 0.3) is 0 Å². The molecule has 1 aromatic carbocycles. The molecule has 0 atom stereocenters. The third kappa shape index (κ3) is 4.67. The van der Waals surface area contributed by atoms with Crippen molar-refractivity contribution in [1.82, 2.24) is 14.8 Å². The largest absolute Gasteiger partial charge is 0.424 e. The van der Waals surface area contributed by atoms with Gasteiger partial charge in [0.05, 0.1) is 6.54 Å². The number of hydrogen-bond donors (Lipinski definition) is 0. The number of oxazole rings is 1.